The smallest absolute Gasteiger partial charge is 0.337 e. The van der Waals surface area contributed by atoms with Crippen LogP contribution in [-0.2, 0) is 24.7 Å². The number of esters is 1. The summed E-state index contributed by atoms with van der Waals surface area (Å²) in [5.41, 5.74) is 2.12. The number of ether oxygens (including phenoxy) is 2. The lowest BCUT2D eigenvalue weighted by Crippen LogP contribution is -2.53. The van der Waals surface area contributed by atoms with Gasteiger partial charge in [0, 0.05) is 17.8 Å². The summed E-state index contributed by atoms with van der Waals surface area (Å²) in [4.78, 5) is 25.9. The molecule has 2 N–H and O–H groups in total. The second kappa shape index (κ2) is 8.14. The van der Waals surface area contributed by atoms with Gasteiger partial charge in [0.2, 0.25) is 5.91 Å². The number of aliphatic hydroxyl groups excluding tert-OH is 1. The molecule has 2 saturated carbocycles. The fourth-order valence-electron chi connectivity index (χ4n) is 8.52. The molecule has 3 fully saturated rings. The predicted molar refractivity (Wildman–Crippen MR) is 141 cm³/mol. The van der Waals surface area contributed by atoms with E-state index in [1.807, 2.05) is 23.8 Å². The van der Waals surface area contributed by atoms with Crippen LogP contribution >= 0.6 is 11.3 Å². The van der Waals surface area contributed by atoms with Gasteiger partial charge in [-0.15, -0.1) is 0 Å². The van der Waals surface area contributed by atoms with Gasteiger partial charge in [0.1, 0.15) is 17.3 Å². The Morgan fingerprint density at radius 2 is 2.00 bits per heavy atom. The fourth-order valence-corrected chi connectivity index (χ4v) is 9.22. The minimum Gasteiger partial charge on any atom is -0.460 e. The van der Waals surface area contributed by atoms with E-state index in [-0.39, 0.29) is 28.9 Å². The third-order valence-electron chi connectivity index (χ3n) is 10.5. The van der Waals surface area contributed by atoms with Crippen LogP contribution in [0.3, 0.4) is 0 Å². The molecule has 0 radical (unpaired) electrons. The quantitative estimate of drug-likeness (QED) is 0.384. The number of amides is 1. The molecule has 1 saturated heterocycles. The van der Waals surface area contributed by atoms with Gasteiger partial charge in [0.05, 0.1) is 6.04 Å². The lowest BCUT2D eigenvalue weighted by molar-refractivity contribution is -0.173. The minimum atomic E-state index is -1.49. The Morgan fingerprint density at radius 1 is 1.24 bits per heavy atom. The summed E-state index contributed by atoms with van der Waals surface area (Å²) < 4.78 is 13.1. The second-order valence-electron chi connectivity index (χ2n) is 12.3. The number of hydrogen-bond donors (Lipinski definition) is 2. The number of carbonyl (C=O) groups excluding carboxylic acids is 2. The molecule has 4 unspecified atom stereocenters. The third kappa shape index (κ3) is 2.99. The van der Waals surface area contributed by atoms with Gasteiger partial charge in [0.25, 0.3) is 0 Å². The van der Waals surface area contributed by atoms with Crippen molar-refractivity contribution in [2.24, 2.45) is 16.7 Å². The van der Waals surface area contributed by atoms with Crippen molar-refractivity contribution in [2.75, 3.05) is 0 Å². The molecule has 1 aromatic heterocycles. The highest BCUT2D eigenvalue weighted by atomic mass is 32.1. The van der Waals surface area contributed by atoms with Crippen LogP contribution in [0.2, 0.25) is 0 Å². The Kier molecular flexibility index (Phi) is 5.52. The summed E-state index contributed by atoms with van der Waals surface area (Å²) in [6.45, 7) is 11.0. The number of thiophene rings is 1. The summed E-state index contributed by atoms with van der Waals surface area (Å²) in [7, 11) is 0. The lowest BCUT2D eigenvalue weighted by Gasteiger charge is -2.46. The topological polar surface area (TPSA) is 88.2 Å². The molecule has 0 spiro atoms. The summed E-state index contributed by atoms with van der Waals surface area (Å²) >= 11 is 1.46. The Labute approximate surface area is 222 Å². The molecule has 7 heteroatoms. The summed E-state index contributed by atoms with van der Waals surface area (Å²) in [5, 5.41) is 17.7. The Morgan fingerprint density at radius 3 is 2.70 bits per heavy atom. The molecule has 198 valence electrons. The van der Waals surface area contributed by atoms with E-state index in [1.54, 1.807) is 0 Å². The minimum absolute atomic E-state index is 0.125. The predicted octanol–water partition coefficient (Wildman–Crippen LogP) is 5.22. The van der Waals surface area contributed by atoms with E-state index < -0.39 is 29.1 Å². The number of fused-ring (bicyclic) bond motifs is 3. The SMILES string of the molecule is CCCC(=O)N[C@@H](c1ccsc1)[C@@H](O)C(=O)OC1CC2C(C)(C)C1(C)[C@@]13CC(C)c4ccccc4[C@@]21O3. The van der Waals surface area contributed by atoms with Gasteiger partial charge in [-0.05, 0) is 64.1 Å². The number of hydrogen-bond acceptors (Lipinski definition) is 6. The van der Waals surface area contributed by atoms with Crippen molar-refractivity contribution in [1.29, 1.82) is 0 Å². The zero-order valence-electron chi connectivity index (χ0n) is 22.2. The maximum Gasteiger partial charge on any atom is 0.337 e. The number of carbonyl (C=O) groups is 2. The highest BCUT2D eigenvalue weighted by Gasteiger charge is 2.95. The van der Waals surface area contributed by atoms with Crippen LogP contribution in [0.25, 0.3) is 0 Å². The zero-order valence-corrected chi connectivity index (χ0v) is 23.1. The summed E-state index contributed by atoms with van der Waals surface area (Å²) in [6.07, 6.45) is 0.733. The first-order valence-corrected chi connectivity index (χ1v) is 14.5. The summed E-state index contributed by atoms with van der Waals surface area (Å²) in [5.74, 6) is -0.332. The van der Waals surface area contributed by atoms with Gasteiger partial charge < -0.3 is 19.9 Å². The molecule has 2 bridgehead atoms. The molecule has 1 amide bonds. The highest BCUT2D eigenvalue weighted by Crippen LogP contribution is 2.89. The highest BCUT2D eigenvalue weighted by molar-refractivity contribution is 7.08. The first-order valence-electron chi connectivity index (χ1n) is 13.5. The van der Waals surface area contributed by atoms with E-state index in [0.717, 1.165) is 6.42 Å². The van der Waals surface area contributed by atoms with Crippen molar-refractivity contribution < 1.29 is 24.2 Å². The fraction of sp³-hybridized carbons (Fsp3) is 0.600. The molecule has 3 aliphatic carbocycles. The molecule has 1 aliphatic heterocycles. The normalized spacial score (nSPS) is 37.6. The second-order valence-corrected chi connectivity index (χ2v) is 13.1. The first kappa shape index (κ1) is 25.1. The molecule has 37 heavy (non-hydrogen) atoms. The molecule has 2 heterocycles. The average Bonchev–Trinajstić information content (AvgIpc) is 3.13. The van der Waals surface area contributed by atoms with Crippen LogP contribution in [0.1, 0.15) is 89.0 Å². The van der Waals surface area contributed by atoms with Crippen LogP contribution in [0.15, 0.2) is 41.1 Å². The van der Waals surface area contributed by atoms with Crippen molar-refractivity contribution in [2.45, 2.75) is 95.7 Å². The van der Waals surface area contributed by atoms with E-state index in [1.165, 1.54) is 22.5 Å². The van der Waals surface area contributed by atoms with E-state index in [9.17, 15) is 14.7 Å². The molecule has 6 rings (SSSR count). The maximum absolute atomic E-state index is 13.5. The molecule has 2 aromatic rings. The molecule has 1 aromatic carbocycles. The molecule has 8 atom stereocenters. The van der Waals surface area contributed by atoms with Crippen molar-refractivity contribution in [3.8, 4) is 0 Å². The lowest BCUT2D eigenvalue weighted by atomic mass is 9.58. The van der Waals surface area contributed by atoms with E-state index in [0.29, 0.717) is 30.7 Å². The van der Waals surface area contributed by atoms with Gasteiger partial charge >= 0.3 is 5.97 Å². The average molecular weight is 524 g/mol. The number of nitrogens with one attached hydrogen (secondary N) is 1. The van der Waals surface area contributed by atoms with Crippen LogP contribution < -0.4 is 5.32 Å². The maximum atomic E-state index is 13.5. The zero-order chi connectivity index (χ0) is 26.4. The van der Waals surface area contributed by atoms with Crippen molar-refractivity contribution in [1.82, 2.24) is 5.32 Å². The first-order chi connectivity index (χ1) is 17.5. The van der Waals surface area contributed by atoms with Gasteiger partial charge in [0.15, 0.2) is 6.10 Å². The van der Waals surface area contributed by atoms with Gasteiger partial charge in [-0.25, -0.2) is 4.79 Å². The number of aliphatic hydroxyl groups is 1. The molecular weight excluding hydrogens is 486 g/mol. The number of rotatable bonds is 7. The van der Waals surface area contributed by atoms with E-state index in [2.05, 4.69) is 57.3 Å². The Hall–Kier alpha value is -2.22. The van der Waals surface area contributed by atoms with Gasteiger partial charge in [-0.3, -0.25) is 4.79 Å². The van der Waals surface area contributed by atoms with Crippen molar-refractivity contribution in [3.05, 3.63) is 57.8 Å². The van der Waals surface area contributed by atoms with Crippen molar-refractivity contribution in [3.63, 3.8) is 0 Å². The monoisotopic (exact) mass is 523 g/mol. The van der Waals surface area contributed by atoms with Crippen LogP contribution in [0, 0.1) is 16.7 Å². The number of epoxide rings is 1. The molecule has 4 aliphatic rings. The van der Waals surface area contributed by atoms with E-state index in [4.69, 9.17) is 9.47 Å². The molecular formula is C30H37NO5S. The third-order valence-corrected chi connectivity index (χ3v) is 11.2. The standard InChI is InChI=1S/C30H37NO5S/c1-6-9-23(32)31-24(18-12-13-37-16-18)25(33)26(34)35-22-14-21-27(3,4)28(22,5)29-15-17(2)19-10-7-8-11-20(19)30(21,29)36-29/h7-8,10-13,16-17,21-22,24-25,33H,6,9,14-15H2,1-5H3,(H,31,32)/t17?,21?,22?,24-,25+,28?,29-,30+/m0/s1. The Balaban J connectivity index is 1.29. The van der Waals surface area contributed by atoms with Crippen LogP contribution in [0.5, 0.6) is 0 Å². The molecule has 6 nitrogen and oxygen atoms in total. The van der Waals surface area contributed by atoms with Gasteiger partial charge in [-0.1, -0.05) is 58.9 Å². The number of benzene rings is 1. The van der Waals surface area contributed by atoms with Crippen LogP contribution in [0.4, 0.5) is 0 Å². The van der Waals surface area contributed by atoms with Crippen LogP contribution in [-0.4, -0.2) is 34.8 Å². The largest absolute Gasteiger partial charge is 0.460 e. The Bertz CT molecular complexity index is 1240. The van der Waals surface area contributed by atoms with Crippen molar-refractivity contribution >= 4 is 23.2 Å². The summed E-state index contributed by atoms with van der Waals surface area (Å²) in [6, 6.07) is 9.65. The van der Waals surface area contributed by atoms with E-state index >= 15 is 0 Å². The van der Waals surface area contributed by atoms with Gasteiger partial charge in [-0.2, -0.15) is 11.3 Å².